The van der Waals surface area contributed by atoms with Gasteiger partial charge < -0.3 is 9.80 Å². The maximum absolute atomic E-state index is 2.63. The minimum absolute atomic E-state index is 0.0238. The molecule has 0 radical (unpaired) electrons. The maximum atomic E-state index is 2.63. The van der Waals surface area contributed by atoms with Crippen molar-refractivity contribution in [3.8, 4) is 22.3 Å². The molecule has 2 aliphatic rings. The molecule has 384 valence electrons. The van der Waals surface area contributed by atoms with E-state index in [1.807, 2.05) is 0 Å². The number of benzene rings is 10. The fourth-order valence-electron chi connectivity index (χ4n) is 12.5. The van der Waals surface area contributed by atoms with Crippen molar-refractivity contribution in [3.63, 3.8) is 0 Å². The summed E-state index contributed by atoms with van der Waals surface area (Å²) in [5, 5.41) is 7.71. The third-order valence-corrected chi connectivity index (χ3v) is 17.0. The Morgan fingerprint density at radius 1 is 0.260 bits per heavy atom. The minimum Gasteiger partial charge on any atom is -0.311 e. The lowest BCUT2D eigenvalue weighted by Crippen LogP contribution is -2.61. The van der Waals surface area contributed by atoms with E-state index in [0.717, 1.165) is 0 Å². The van der Waals surface area contributed by atoms with Crippen molar-refractivity contribution in [3.05, 3.63) is 210 Å². The Hall–Kier alpha value is -7.36. The third-order valence-electron chi connectivity index (χ3n) is 17.0. The summed E-state index contributed by atoms with van der Waals surface area (Å²) in [5.74, 6) is 0. The second-order valence-electron chi connectivity index (χ2n) is 27.5. The predicted molar refractivity (Wildman–Crippen MR) is 337 cm³/mol. The van der Waals surface area contributed by atoms with Crippen molar-refractivity contribution >= 4 is 89.5 Å². The second-order valence-corrected chi connectivity index (χ2v) is 27.5. The van der Waals surface area contributed by atoms with Gasteiger partial charge in [0, 0.05) is 33.9 Å². The van der Waals surface area contributed by atoms with E-state index in [1.54, 1.807) is 0 Å². The van der Waals surface area contributed by atoms with Crippen LogP contribution in [0.2, 0.25) is 0 Å². The Labute approximate surface area is 459 Å². The van der Waals surface area contributed by atoms with Gasteiger partial charge in [-0.15, -0.1) is 0 Å². The summed E-state index contributed by atoms with van der Waals surface area (Å²) in [6, 6.07) is 71.0. The quantitative estimate of drug-likeness (QED) is 0.128. The van der Waals surface area contributed by atoms with E-state index in [1.165, 1.54) is 133 Å². The number of hydrogen-bond donors (Lipinski definition) is 0. The Morgan fingerprint density at radius 3 is 1.01 bits per heavy atom. The van der Waals surface area contributed by atoms with E-state index in [2.05, 4.69) is 296 Å². The van der Waals surface area contributed by atoms with Gasteiger partial charge in [0.25, 0.3) is 6.71 Å². The van der Waals surface area contributed by atoms with Gasteiger partial charge in [-0.25, -0.2) is 0 Å². The molecule has 0 saturated heterocycles. The molecule has 12 rings (SSSR count). The normalized spacial score (nSPS) is 13.8. The Morgan fingerprint density at radius 2 is 0.597 bits per heavy atom. The SMILES string of the molecule is CC(C)(C)c1ccc(-c2cc(C(C)(C)C)ccc2N2c3ccc(C(C)(C)C)cc3B3c4cc(C(C)(C)C)ccc4N(c4ccc(C(C)(C)C)cc4-c4ccc5c6ccccc6c6ccccc6c5c4)c4cccc2c43)cc1. The fourth-order valence-corrected chi connectivity index (χ4v) is 12.5. The first-order chi connectivity index (χ1) is 36.4. The van der Waals surface area contributed by atoms with Crippen LogP contribution >= 0.6 is 0 Å². The average Bonchev–Trinajstić information content (AvgIpc) is 3.57. The highest BCUT2D eigenvalue weighted by Gasteiger charge is 2.45. The first-order valence-electron chi connectivity index (χ1n) is 28.1. The van der Waals surface area contributed by atoms with Crippen LogP contribution in [-0.4, -0.2) is 6.71 Å². The van der Waals surface area contributed by atoms with Crippen molar-refractivity contribution in [2.45, 2.75) is 131 Å². The van der Waals surface area contributed by atoms with Gasteiger partial charge in [0.15, 0.2) is 0 Å². The Kier molecular flexibility index (Phi) is 11.5. The van der Waals surface area contributed by atoms with Gasteiger partial charge in [-0.2, -0.15) is 0 Å². The van der Waals surface area contributed by atoms with Crippen LogP contribution in [0.5, 0.6) is 0 Å². The Bertz CT molecular complexity index is 3970. The molecule has 0 unspecified atom stereocenters. The summed E-state index contributed by atoms with van der Waals surface area (Å²) in [7, 11) is 0. The standard InChI is InChI=1S/C74H75BN2/c1-70(2,3)48-30-27-46(28-31-48)58-42-49(71(4,5)6)32-37-63(58)76-65-39-34-51(73(10,11)12)44-61(65)75-62-45-52(74(13,14)15)35-40-66(62)77(68-26-20-25-67(76)69(68)75)64-38-33-50(72(7,8)9)43-59(64)47-29-36-57-55-23-17-16-21-53(55)54-22-18-19-24-56(54)60(57)41-47/h16-45H,1-15H3. The number of nitrogens with zero attached hydrogens (tertiary/aromatic N) is 2. The molecule has 0 atom stereocenters. The van der Waals surface area contributed by atoms with Crippen molar-refractivity contribution in [2.24, 2.45) is 0 Å². The zero-order valence-corrected chi connectivity index (χ0v) is 48.3. The van der Waals surface area contributed by atoms with E-state index >= 15 is 0 Å². The lowest BCUT2D eigenvalue weighted by molar-refractivity contribution is 0.590. The third kappa shape index (κ3) is 8.48. The maximum Gasteiger partial charge on any atom is 0.252 e. The van der Waals surface area contributed by atoms with Gasteiger partial charge in [0.05, 0.1) is 11.4 Å². The van der Waals surface area contributed by atoms with Crippen LogP contribution in [0.3, 0.4) is 0 Å². The Balaban J connectivity index is 1.17. The molecule has 2 nitrogen and oxygen atoms in total. The zero-order chi connectivity index (χ0) is 54.3. The molecule has 0 amide bonds. The number of hydrogen-bond acceptors (Lipinski definition) is 2. The van der Waals surface area contributed by atoms with Gasteiger partial charge in [-0.1, -0.05) is 231 Å². The van der Waals surface area contributed by atoms with Crippen LogP contribution < -0.4 is 26.2 Å². The zero-order valence-electron chi connectivity index (χ0n) is 48.3. The molecule has 0 bridgehead atoms. The summed E-state index contributed by atoms with van der Waals surface area (Å²) >= 11 is 0. The highest BCUT2D eigenvalue weighted by Crippen LogP contribution is 2.51. The van der Waals surface area contributed by atoms with E-state index in [4.69, 9.17) is 0 Å². The molecule has 2 aliphatic heterocycles. The van der Waals surface area contributed by atoms with Crippen LogP contribution in [0.4, 0.5) is 34.1 Å². The number of anilines is 6. The van der Waals surface area contributed by atoms with Crippen LogP contribution in [-0.2, 0) is 27.1 Å². The molecule has 77 heavy (non-hydrogen) atoms. The smallest absolute Gasteiger partial charge is 0.252 e. The first-order valence-corrected chi connectivity index (χ1v) is 28.1. The molecule has 0 fully saturated rings. The van der Waals surface area contributed by atoms with Crippen LogP contribution in [0.15, 0.2) is 182 Å². The monoisotopic (exact) mass is 1000 g/mol. The lowest BCUT2D eigenvalue weighted by Gasteiger charge is -2.45. The molecule has 10 aromatic carbocycles. The minimum atomic E-state index is -0.0757. The summed E-state index contributed by atoms with van der Waals surface area (Å²) in [6.45, 7) is 35.0. The van der Waals surface area contributed by atoms with E-state index in [0.29, 0.717) is 0 Å². The number of rotatable bonds is 4. The first kappa shape index (κ1) is 50.5. The highest BCUT2D eigenvalue weighted by atomic mass is 15.2. The van der Waals surface area contributed by atoms with Gasteiger partial charge in [0.1, 0.15) is 0 Å². The highest BCUT2D eigenvalue weighted by molar-refractivity contribution is 7.00. The van der Waals surface area contributed by atoms with Crippen molar-refractivity contribution in [2.75, 3.05) is 9.80 Å². The van der Waals surface area contributed by atoms with E-state index in [-0.39, 0.29) is 33.8 Å². The molecule has 0 aliphatic carbocycles. The summed E-state index contributed by atoms with van der Waals surface area (Å²) in [6.07, 6.45) is 0. The van der Waals surface area contributed by atoms with Gasteiger partial charge in [-0.3, -0.25) is 0 Å². The van der Waals surface area contributed by atoms with E-state index < -0.39 is 0 Å². The van der Waals surface area contributed by atoms with Crippen LogP contribution in [0, 0.1) is 0 Å². The second kappa shape index (κ2) is 17.6. The molecule has 3 heteroatoms. The average molecular weight is 1000 g/mol. The number of fused-ring (bicyclic) bond motifs is 10. The summed E-state index contributed by atoms with van der Waals surface area (Å²) in [4.78, 5) is 5.25. The van der Waals surface area contributed by atoms with Crippen molar-refractivity contribution in [1.29, 1.82) is 0 Å². The molecule has 0 saturated carbocycles. The molecule has 0 aromatic heterocycles. The van der Waals surface area contributed by atoms with Gasteiger partial charge in [0.2, 0.25) is 0 Å². The lowest BCUT2D eigenvalue weighted by atomic mass is 9.33. The van der Waals surface area contributed by atoms with Crippen LogP contribution in [0.1, 0.15) is 132 Å². The molecule has 10 aromatic rings. The van der Waals surface area contributed by atoms with E-state index in [9.17, 15) is 0 Å². The van der Waals surface area contributed by atoms with Crippen LogP contribution in [0.25, 0.3) is 54.6 Å². The molecule has 0 spiro atoms. The molecular weight excluding hydrogens is 928 g/mol. The topological polar surface area (TPSA) is 6.48 Å². The largest absolute Gasteiger partial charge is 0.311 e. The summed E-state index contributed by atoms with van der Waals surface area (Å²) in [5.41, 5.74) is 22.6. The summed E-state index contributed by atoms with van der Waals surface area (Å²) < 4.78 is 0. The van der Waals surface area contributed by atoms with Crippen molar-refractivity contribution in [1.82, 2.24) is 0 Å². The predicted octanol–water partition coefficient (Wildman–Crippen LogP) is 19.1. The molecular formula is C74H75BN2. The molecule has 2 heterocycles. The van der Waals surface area contributed by atoms with Gasteiger partial charge in [-0.05, 0) is 169 Å². The van der Waals surface area contributed by atoms with Crippen molar-refractivity contribution < 1.29 is 0 Å². The fraction of sp³-hybridized carbons (Fsp3) is 0.270. The molecule has 0 N–H and O–H groups in total. The van der Waals surface area contributed by atoms with Gasteiger partial charge >= 0.3 is 0 Å².